The number of rotatable bonds is 5. The third-order valence-electron chi connectivity index (χ3n) is 5.50. The van der Waals surface area contributed by atoms with Crippen molar-refractivity contribution in [2.45, 2.75) is 51.9 Å². The van der Waals surface area contributed by atoms with Gasteiger partial charge in [0.15, 0.2) is 6.61 Å². The van der Waals surface area contributed by atoms with E-state index in [4.69, 9.17) is 4.74 Å². The number of amides is 2. The molecule has 0 atom stereocenters. The van der Waals surface area contributed by atoms with Crippen LogP contribution in [0.25, 0.3) is 0 Å². The topological polar surface area (TPSA) is 58.6 Å². The average molecular weight is 344 g/mol. The Morgan fingerprint density at radius 1 is 1.28 bits per heavy atom. The van der Waals surface area contributed by atoms with Crippen LogP contribution in [0.5, 0.6) is 5.75 Å². The van der Waals surface area contributed by atoms with Crippen LogP contribution in [0.3, 0.4) is 0 Å². The Morgan fingerprint density at radius 2 is 2.04 bits per heavy atom. The lowest BCUT2D eigenvalue weighted by Crippen LogP contribution is -2.35. The van der Waals surface area contributed by atoms with Crippen molar-refractivity contribution >= 4 is 23.2 Å². The Labute approximate surface area is 149 Å². The number of ether oxygens (including phenoxy) is 1. The molecular weight excluding hydrogens is 316 g/mol. The number of fused-ring (bicyclic) bond motifs is 1. The number of hydrogen-bond acceptors (Lipinski definition) is 3. The van der Waals surface area contributed by atoms with Gasteiger partial charge in [0.25, 0.3) is 5.91 Å². The molecule has 3 rings (SSSR count). The maximum Gasteiger partial charge on any atom is 0.264 e. The van der Waals surface area contributed by atoms with Gasteiger partial charge >= 0.3 is 0 Å². The number of nitrogens with one attached hydrogen (secondary N) is 1. The van der Waals surface area contributed by atoms with Crippen molar-refractivity contribution in [2.75, 3.05) is 23.9 Å². The molecule has 0 bridgehead atoms. The van der Waals surface area contributed by atoms with Gasteiger partial charge in [-0.15, -0.1) is 0 Å². The van der Waals surface area contributed by atoms with E-state index in [1.807, 2.05) is 18.2 Å². The molecule has 0 spiro atoms. The van der Waals surface area contributed by atoms with E-state index in [2.05, 4.69) is 12.2 Å². The fourth-order valence-corrected chi connectivity index (χ4v) is 3.80. The van der Waals surface area contributed by atoms with Crippen LogP contribution in [0.15, 0.2) is 18.2 Å². The Bertz CT molecular complexity index is 636. The Hall–Kier alpha value is -2.04. The van der Waals surface area contributed by atoms with Gasteiger partial charge in [0.2, 0.25) is 5.91 Å². The normalized spacial score (nSPS) is 23.0. The van der Waals surface area contributed by atoms with Gasteiger partial charge in [-0.3, -0.25) is 9.59 Å². The minimum atomic E-state index is -0.0821. The van der Waals surface area contributed by atoms with Gasteiger partial charge < -0.3 is 15.0 Å². The number of carbonyl (C=O) groups is 2. The lowest BCUT2D eigenvalue weighted by Gasteiger charge is -2.28. The summed E-state index contributed by atoms with van der Waals surface area (Å²) in [6.45, 7) is 2.30. The number of hydrogen-bond donors (Lipinski definition) is 1. The molecule has 0 unspecified atom stereocenters. The Balaban J connectivity index is 1.58. The highest BCUT2D eigenvalue weighted by Gasteiger charge is 2.27. The third-order valence-corrected chi connectivity index (χ3v) is 5.50. The Morgan fingerprint density at radius 3 is 2.76 bits per heavy atom. The molecule has 1 aromatic rings. The van der Waals surface area contributed by atoms with Crippen molar-refractivity contribution in [3.63, 3.8) is 0 Å². The quantitative estimate of drug-likeness (QED) is 0.879. The van der Waals surface area contributed by atoms with E-state index >= 15 is 0 Å². The lowest BCUT2D eigenvalue weighted by atomic mass is 9.79. The van der Waals surface area contributed by atoms with Crippen LogP contribution in [0.2, 0.25) is 0 Å². The third kappa shape index (κ3) is 4.14. The first kappa shape index (κ1) is 17.8. The van der Waals surface area contributed by atoms with Gasteiger partial charge in [-0.25, -0.2) is 0 Å². The van der Waals surface area contributed by atoms with Crippen LogP contribution in [0, 0.1) is 11.8 Å². The lowest BCUT2D eigenvalue weighted by molar-refractivity contribution is -0.121. The number of likely N-dealkylation sites (N-methyl/N-ethyl adjacent to an activating group) is 1. The number of nitrogens with zero attached hydrogens (tertiary/aromatic N) is 1. The van der Waals surface area contributed by atoms with Gasteiger partial charge in [-0.2, -0.15) is 0 Å². The van der Waals surface area contributed by atoms with E-state index in [1.165, 1.54) is 19.3 Å². The van der Waals surface area contributed by atoms with E-state index in [9.17, 15) is 9.59 Å². The first-order valence-electron chi connectivity index (χ1n) is 9.42. The van der Waals surface area contributed by atoms with Crippen LogP contribution in [0.1, 0.15) is 51.9 Å². The van der Waals surface area contributed by atoms with Gasteiger partial charge in [-0.05, 0) is 49.8 Å². The summed E-state index contributed by atoms with van der Waals surface area (Å²) in [6.07, 6.45) is 8.13. The summed E-state index contributed by atoms with van der Waals surface area (Å²) < 4.78 is 5.42. The van der Waals surface area contributed by atoms with Crippen molar-refractivity contribution < 1.29 is 14.3 Å². The molecule has 2 aliphatic rings. The van der Waals surface area contributed by atoms with Gasteiger partial charge in [0.1, 0.15) is 5.75 Å². The SMILES string of the molecule is CCCCC1CCC(C(=O)Nc2ccc3c(c2)N(C)C(=O)CO3)CC1. The molecule has 0 saturated heterocycles. The molecule has 1 aliphatic heterocycles. The average Bonchev–Trinajstić information content (AvgIpc) is 2.64. The molecule has 1 saturated carbocycles. The first-order chi connectivity index (χ1) is 12.1. The minimum absolute atomic E-state index is 0.0660. The summed E-state index contributed by atoms with van der Waals surface area (Å²) in [5.74, 6) is 1.59. The summed E-state index contributed by atoms with van der Waals surface area (Å²) >= 11 is 0. The second-order valence-electron chi connectivity index (χ2n) is 7.27. The summed E-state index contributed by atoms with van der Waals surface area (Å²) in [4.78, 5) is 25.9. The van der Waals surface area contributed by atoms with Crippen molar-refractivity contribution in [1.29, 1.82) is 0 Å². The molecule has 1 aromatic carbocycles. The van der Waals surface area contributed by atoms with Crippen LogP contribution in [-0.4, -0.2) is 25.5 Å². The van der Waals surface area contributed by atoms with Gasteiger partial charge in [0.05, 0.1) is 5.69 Å². The molecule has 5 nitrogen and oxygen atoms in total. The maximum absolute atomic E-state index is 12.6. The van der Waals surface area contributed by atoms with Crippen LogP contribution >= 0.6 is 0 Å². The fourth-order valence-electron chi connectivity index (χ4n) is 3.80. The summed E-state index contributed by atoms with van der Waals surface area (Å²) in [7, 11) is 1.73. The predicted octanol–water partition coefficient (Wildman–Crippen LogP) is 3.98. The molecular formula is C20H28N2O3. The van der Waals surface area contributed by atoms with E-state index in [0.29, 0.717) is 11.4 Å². The monoisotopic (exact) mass is 344 g/mol. The molecule has 1 N–H and O–H groups in total. The molecule has 1 aliphatic carbocycles. The van der Waals surface area contributed by atoms with Gasteiger partial charge in [-0.1, -0.05) is 26.2 Å². The molecule has 136 valence electrons. The summed E-state index contributed by atoms with van der Waals surface area (Å²) in [6, 6.07) is 5.47. The highest BCUT2D eigenvalue weighted by atomic mass is 16.5. The molecule has 0 aromatic heterocycles. The number of unbranched alkanes of at least 4 members (excludes halogenated alkanes) is 1. The van der Waals surface area contributed by atoms with Crippen molar-refractivity contribution in [2.24, 2.45) is 11.8 Å². The summed E-state index contributed by atoms with van der Waals surface area (Å²) in [5.41, 5.74) is 1.43. The van der Waals surface area contributed by atoms with E-state index < -0.39 is 0 Å². The summed E-state index contributed by atoms with van der Waals surface area (Å²) in [5, 5.41) is 3.02. The number of anilines is 2. The molecule has 2 amide bonds. The molecule has 1 heterocycles. The first-order valence-corrected chi connectivity index (χ1v) is 9.42. The van der Waals surface area contributed by atoms with Crippen LogP contribution in [-0.2, 0) is 9.59 Å². The van der Waals surface area contributed by atoms with E-state index in [1.54, 1.807) is 11.9 Å². The smallest absolute Gasteiger partial charge is 0.264 e. The standard InChI is InChI=1S/C20H28N2O3/c1-3-4-5-14-6-8-15(9-7-14)20(24)21-16-10-11-18-17(12-16)22(2)19(23)13-25-18/h10-12,14-15H,3-9,13H2,1-2H3,(H,21,24). The second-order valence-corrected chi connectivity index (χ2v) is 7.27. The fraction of sp³-hybridized carbons (Fsp3) is 0.600. The van der Waals surface area contributed by atoms with Crippen LogP contribution in [0.4, 0.5) is 11.4 Å². The van der Waals surface area contributed by atoms with Crippen molar-refractivity contribution in [3.05, 3.63) is 18.2 Å². The molecule has 25 heavy (non-hydrogen) atoms. The highest BCUT2D eigenvalue weighted by molar-refractivity contribution is 5.99. The maximum atomic E-state index is 12.6. The zero-order valence-electron chi connectivity index (χ0n) is 15.2. The molecule has 0 radical (unpaired) electrons. The Kier molecular flexibility index (Phi) is 5.61. The predicted molar refractivity (Wildman–Crippen MR) is 98.9 cm³/mol. The largest absolute Gasteiger partial charge is 0.482 e. The highest BCUT2D eigenvalue weighted by Crippen LogP contribution is 2.35. The van der Waals surface area contributed by atoms with Gasteiger partial charge in [0, 0.05) is 18.7 Å². The van der Waals surface area contributed by atoms with Crippen molar-refractivity contribution in [1.82, 2.24) is 0 Å². The zero-order valence-corrected chi connectivity index (χ0v) is 15.2. The number of carbonyl (C=O) groups excluding carboxylic acids is 2. The minimum Gasteiger partial charge on any atom is -0.482 e. The van der Waals surface area contributed by atoms with Crippen LogP contribution < -0.4 is 15.0 Å². The zero-order chi connectivity index (χ0) is 17.8. The molecule has 1 fully saturated rings. The number of benzene rings is 1. The van der Waals surface area contributed by atoms with Crippen molar-refractivity contribution in [3.8, 4) is 5.75 Å². The second kappa shape index (κ2) is 7.89. The molecule has 5 heteroatoms. The van der Waals surface area contributed by atoms with E-state index in [0.717, 1.165) is 37.3 Å². The van der Waals surface area contributed by atoms with E-state index in [-0.39, 0.29) is 24.3 Å².